The van der Waals surface area contributed by atoms with Crippen molar-refractivity contribution in [2.45, 2.75) is 25.3 Å². The molecule has 4 atom stereocenters. The molecule has 2 aromatic rings. The zero-order valence-corrected chi connectivity index (χ0v) is 15.2. The van der Waals surface area contributed by atoms with Crippen LogP contribution in [-0.2, 0) is 17.6 Å². The Labute approximate surface area is 162 Å². The first-order valence-electron chi connectivity index (χ1n) is 9.53. The number of anilines is 1. The number of nitrogens with two attached hydrogens (primary N) is 1. The Morgan fingerprint density at radius 1 is 1.25 bits per heavy atom. The molecular formula is C21H21N5O2. The first-order chi connectivity index (χ1) is 13.6. The van der Waals surface area contributed by atoms with Crippen LogP contribution in [0.25, 0.3) is 0 Å². The highest BCUT2D eigenvalue weighted by Gasteiger charge is 2.47. The van der Waals surface area contributed by atoms with E-state index < -0.39 is 0 Å². The number of primary amides is 1. The summed E-state index contributed by atoms with van der Waals surface area (Å²) < 4.78 is 0. The lowest BCUT2D eigenvalue weighted by Crippen LogP contribution is -2.41. The summed E-state index contributed by atoms with van der Waals surface area (Å²) in [6.07, 6.45) is 8.21. The summed E-state index contributed by atoms with van der Waals surface area (Å²) in [4.78, 5) is 25.8. The van der Waals surface area contributed by atoms with Gasteiger partial charge in [0.15, 0.2) is 5.82 Å². The van der Waals surface area contributed by atoms with Crippen molar-refractivity contribution in [2.24, 2.45) is 28.5 Å². The van der Waals surface area contributed by atoms with Gasteiger partial charge in [0, 0.05) is 25.1 Å². The summed E-state index contributed by atoms with van der Waals surface area (Å²) in [7, 11) is 0. The van der Waals surface area contributed by atoms with Crippen LogP contribution in [-0.4, -0.2) is 33.2 Å². The highest BCUT2D eigenvalue weighted by atomic mass is 16.3. The van der Waals surface area contributed by atoms with E-state index in [0.717, 1.165) is 23.4 Å². The molecule has 142 valence electrons. The topological polar surface area (TPSA) is 113 Å². The number of benzene rings is 1. The minimum atomic E-state index is -0.275. The predicted octanol–water partition coefficient (Wildman–Crippen LogP) is 2.12. The minimum absolute atomic E-state index is 0.0732. The van der Waals surface area contributed by atoms with Crippen molar-refractivity contribution in [1.29, 1.82) is 0 Å². The van der Waals surface area contributed by atoms with Crippen molar-refractivity contribution in [3.63, 3.8) is 0 Å². The fraction of sp³-hybridized carbons (Fsp3) is 0.333. The Kier molecular flexibility index (Phi) is 3.89. The van der Waals surface area contributed by atoms with Crippen LogP contribution in [0.2, 0.25) is 0 Å². The van der Waals surface area contributed by atoms with Gasteiger partial charge in [-0.25, -0.2) is 9.97 Å². The number of aromatic hydroxyl groups is 1. The molecule has 0 spiro atoms. The van der Waals surface area contributed by atoms with Crippen LogP contribution in [0, 0.1) is 17.8 Å². The van der Waals surface area contributed by atoms with Crippen LogP contribution in [0.4, 0.5) is 11.5 Å². The number of nitrogens with zero attached hydrogens (tertiary/aromatic N) is 3. The van der Waals surface area contributed by atoms with Crippen LogP contribution in [0.1, 0.15) is 23.5 Å². The molecule has 1 aromatic heterocycles. The molecule has 4 N–H and O–H groups in total. The maximum Gasteiger partial charge on any atom is 0.223 e. The van der Waals surface area contributed by atoms with Crippen molar-refractivity contribution in [1.82, 2.24) is 9.97 Å². The van der Waals surface area contributed by atoms with Crippen molar-refractivity contribution < 1.29 is 9.90 Å². The van der Waals surface area contributed by atoms with Gasteiger partial charge in [-0.3, -0.25) is 9.79 Å². The van der Waals surface area contributed by atoms with Gasteiger partial charge in [-0.05, 0) is 36.0 Å². The quantitative estimate of drug-likeness (QED) is 0.693. The zero-order chi connectivity index (χ0) is 19.3. The normalized spacial score (nSPS) is 26.6. The first kappa shape index (κ1) is 16.9. The van der Waals surface area contributed by atoms with E-state index in [9.17, 15) is 9.90 Å². The fourth-order valence-electron chi connectivity index (χ4n) is 4.65. The number of phenolic OH excluding ortho intramolecular Hbond substituents is 1. The standard InChI is InChI=1S/C21H21N5O2/c22-20(28)17-12-4-5-13(10-12)18(17)26-21-19-15(6-7-23-19)24-16(25-21)9-11-2-1-3-14(27)8-11/h1-5,7-8,12-13,17-18,27H,6,9-10H2,(H2,22,28)(H,24,25,26). The molecule has 7 heteroatoms. The summed E-state index contributed by atoms with van der Waals surface area (Å²) in [5, 5.41) is 13.2. The Balaban J connectivity index is 1.47. The molecule has 2 bridgehead atoms. The van der Waals surface area contributed by atoms with Gasteiger partial charge in [0.25, 0.3) is 0 Å². The van der Waals surface area contributed by atoms with Crippen LogP contribution >= 0.6 is 0 Å². The Bertz CT molecular complexity index is 1020. The van der Waals surface area contributed by atoms with Crippen molar-refractivity contribution in [2.75, 3.05) is 5.32 Å². The molecule has 2 aliphatic carbocycles. The molecule has 3 aliphatic rings. The molecule has 1 fully saturated rings. The largest absolute Gasteiger partial charge is 0.508 e. The number of aliphatic imine (C=N–C) groups is 1. The summed E-state index contributed by atoms with van der Waals surface area (Å²) in [6.45, 7) is 0. The number of rotatable bonds is 5. The number of allylic oxidation sites excluding steroid dienone is 1. The van der Waals surface area contributed by atoms with E-state index in [2.05, 4.69) is 27.4 Å². The first-order valence-corrected chi connectivity index (χ1v) is 9.53. The number of hydrogen-bond donors (Lipinski definition) is 3. The second-order valence-electron chi connectivity index (χ2n) is 7.69. The van der Waals surface area contributed by atoms with Crippen LogP contribution < -0.4 is 11.1 Å². The number of amides is 1. The monoisotopic (exact) mass is 375 g/mol. The molecule has 4 unspecified atom stereocenters. The van der Waals surface area contributed by atoms with E-state index in [1.165, 1.54) is 0 Å². The van der Waals surface area contributed by atoms with Gasteiger partial charge in [0.1, 0.15) is 17.3 Å². The van der Waals surface area contributed by atoms with Crippen molar-refractivity contribution >= 4 is 23.6 Å². The average molecular weight is 375 g/mol. The van der Waals surface area contributed by atoms with Crippen LogP contribution in [0.15, 0.2) is 41.4 Å². The van der Waals surface area contributed by atoms with E-state index in [-0.39, 0.29) is 35.5 Å². The molecule has 1 saturated carbocycles. The molecule has 7 nitrogen and oxygen atoms in total. The number of aromatic nitrogens is 2. The van der Waals surface area contributed by atoms with E-state index in [0.29, 0.717) is 24.5 Å². The fourth-order valence-corrected chi connectivity index (χ4v) is 4.65. The van der Waals surface area contributed by atoms with Gasteiger partial charge in [0.05, 0.1) is 11.6 Å². The zero-order valence-electron chi connectivity index (χ0n) is 15.2. The minimum Gasteiger partial charge on any atom is -0.508 e. The summed E-state index contributed by atoms with van der Waals surface area (Å²) >= 11 is 0. The lowest BCUT2D eigenvalue weighted by atomic mass is 9.88. The van der Waals surface area contributed by atoms with E-state index in [1.54, 1.807) is 18.2 Å². The third-order valence-corrected chi connectivity index (χ3v) is 5.87. The number of fused-ring (bicyclic) bond motifs is 3. The summed E-state index contributed by atoms with van der Waals surface area (Å²) in [5.74, 6) is 1.50. The molecule has 1 aliphatic heterocycles. The Hall–Kier alpha value is -3.22. The molecule has 2 heterocycles. The second kappa shape index (κ2) is 6.44. The Morgan fingerprint density at radius 3 is 2.93 bits per heavy atom. The summed E-state index contributed by atoms with van der Waals surface area (Å²) in [6, 6.07) is 7.02. The highest BCUT2D eigenvalue weighted by molar-refractivity contribution is 5.82. The maximum absolute atomic E-state index is 12.0. The third kappa shape index (κ3) is 2.83. The molecule has 5 rings (SSSR count). The Morgan fingerprint density at radius 2 is 2.11 bits per heavy atom. The SMILES string of the molecule is NC(=O)C1C2C=CC(C2)C1Nc1nc(Cc2cccc(O)c2)nc2c1N=CC2. The van der Waals surface area contributed by atoms with Gasteiger partial charge in [-0.15, -0.1) is 0 Å². The summed E-state index contributed by atoms with van der Waals surface area (Å²) in [5.41, 5.74) is 8.24. The number of carbonyl (C=O) groups is 1. The highest BCUT2D eigenvalue weighted by Crippen LogP contribution is 2.45. The second-order valence-corrected chi connectivity index (χ2v) is 7.69. The van der Waals surface area contributed by atoms with Crippen molar-refractivity contribution in [3.8, 4) is 5.75 Å². The van der Waals surface area contributed by atoms with Gasteiger partial charge in [-0.1, -0.05) is 24.3 Å². The van der Waals surface area contributed by atoms with E-state index >= 15 is 0 Å². The number of phenols is 1. The number of nitrogens with one attached hydrogen (secondary N) is 1. The molecule has 0 radical (unpaired) electrons. The van der Waals surface area contributed by atoms with E-state index in [4.69, 9.17) is 10.7 Å². The lowest BCUT2D eigenvalue weighted by molar-refractivity contribution is -0.122. The smallest absolute Gasteiger partial charge is 0.223 e. The van der Waals surface area contributed by atoms with Crippen LogP contribution in [0.5, 0.6) is 5.75 Å². The maximum atomic E-state index is 12.0. The molecule has 1 amide bonds. The average Bonchev–Trinajstić information content (AvgIpc) is 3.37. The van der Waals surface area contributed by atoms with Gasteiger partial charge >= 0.3 is 0 Å². The molecule has 0 saturated heterocycles. The van der Waals surface area contributed by atoms with Gasteiger partial charge < -0.3 is 16.2 Å². The lowest BCUT2D eigenvalue weighted by Gasteiger charge is -2.27. The number of hydrogen-bond acceptors (Lipinski definition) is 6. The van der Waals surface area contributed by atoms with Crippen LogP contribution in [0.3, 0.4) is 0 Å². The van der Waals surface area contributed by atoms with E-state index in [1.807, 2.05) is 12.3 Å². The van der Waals surface area contributed by atoms with Crippen molar-refractivity contribution in [3.05, 3.63) is 53.5 Å². The third-order valence-electron chi connectivity index (χ3n) is 5.87. The van der Waals surface area contributed by atoms with Gasteiger partial charge in [0.2, 0.25) is 5.91 Å². The molecule has 1 aromatic carbocycles. The van der Waals surface area contributed by atoms with Gasteiger partial charge in [-0.2, -0.15) is 0 Å². The number of carbonyl (C=O) groups excluding carboxylic acids is 1. The molecular weight excluding hydrogens is 354 g/mol. The molecule has 28 heavy (non-hydrogen) atoms. The predicted molar refractivity (Wildman–Crippen MR) is 106 cm³/mol.